The van der Waals surface area contributed by atoms with Crippen molar-refractivity contribution in [1.82, 2.24) is 0 Å². The summed E-state index contributed by atoms with van der Waals surface area (Å²) in [7, 11) is 2.54. The highest BCUT2D eigenvalue weighted by molar-refractivity contribution is 6.19. The Balaban J connectivity index is 2.02. The number of rotatable bonds is 2. The van der Waals surface area contributed by atoms with Crippen molar-refractivity contribution >= 4 is 17.7 Å². The van der Waals surface area contributed by atoms with Crippen LogP contribution in [0.4, 0.5) is 0 Å². The van der Waals surface area contributed by atoms with E-state index in [0.29, 0.717) is 6.61 Å². The number of epoxide rings is 1. The Morgan fingerprint density at radius 3 is 2.33 bits per heavy atom. The zero-order valence-electron chi connectivity index (χ0n) is 12.3. The van der Waals surface area contributed by atoms with Gasteiger partial charge in [0.15, 0.2) is 11.4 Å². The molecule has 6 nitrogen and oxygen atoms in total. The molecule has 4 aliphatic rings. The fraction of sp³-hybridized carbons (Fsp3) is 0.667. The minimum Gasteiger partial charge on any atom is -0.469 e. The van der Waals surface area contributed by atoms with Gasteiger partial charge in [-0.3, -0.25) is 14.4 Å². The summed E-state index contributed by atoms with van der Waals surface area (Å²) < 4.78 is 15.4. The Labute approximate surface area is 121 Å². The summed E-state index contributed by atoms with van der Waals surface area (Å²) in [6.07, 6.45) is 1.73. The van der Waals surface area contributed by atoms with E-state index in [1.165, 1.54) is 14.2 Å². The van der Waals surface area contributed by atoms with Gasteiger partial charge in [-0.1, -0.05) is 11.6 Å². The number of Topliss-reactive ketones (excluding diaryl/α,β-unsaturated/α-hetero) is 1. The van der Waals surface area contributed by atoms with Crippen molar-refractivity contribution in [2.45, 2.75) is 19.4 Å². The number of fused-ring (bicyclic) bond motifs is 2. The van der Waals surface area contributed by atoms with Crippen molar-refractivity contribution in [3.8, 4) is 0 Å². The number of ether oxygens (including phenoxy) is 3. The molecule has 0 amide bonds. The molecule has 0 bridgehead atoms. The zero-order valence-corrected chi connectivity index (χ0v) is 12.3. The van der Waals surface area contributed by atoms with E-state index in [0.717, 1.165) is 5.57 Å². The third-order valence-electron chi connectivity index (χ3n) is 6.24. The van der Waals surface area contributed by atoms with Crippen molar-refractivity contribution in [3.05, 3.63) is 11.6 Å². The summed E-state index contributed by atoms with van der Waals surface area (Å²) in [5.74, 6) is -1.70. The molecule has 0 radical (unpaired) electrons. The number of esters is 2. The van der Waals surface area contributed by atoms with Gasteiger partial charge in [0.2, 0.25) is 0 Å². The molecule has 3 aliphatic carbocycles. The lowest BCUT2D eigenvalue weighted by molar-refractivity contribution is -0.157. The van der Waals surface area contributed by atoms with Gasteiger partial charge in [-0.2, -0.15) is 0 Å². The van der Waals surface area contributed by atoms with Gasteiger partial charge < -0.3 is 14.2 Å². The topological polar surface area (TPSA) is 82.2 Å². The van der Waals surface area contributed by atoms with E-state index in [2.05, 4.69) is 0 Å². The molecule has 1 saturated heterocycles. The van der Waals surface area contributed by atoms with Crippen molar-refractivity contribution in [2.75, 3.05) is 20.8 Å². The van der Waals surface area contributed by atoms with Crippen LogP contribution in [0.2, 0.25) is 0 Å². The molecule has 5 atom stereocenters. The molecule has 1 heterocycles. The maximum atomic E-state index is 12.9. The van der Waals surface area contributed by atoms with Gasteiger partial charge in [-0.25, -0.2) is 0 Å². The van der Waals surface area contributed by atoms with Crippen LogP contribution in [-0.2, 0) is 28.6 Å². The van der Waals surface area contributed by atoms with Gasteiger partial charge in [0.25, 0.3) is 0 Å². The Morgan fingerprint density at radius 1 is 1.29 bits per heavy atom. The van der Waals surface area contributed by atoms with Crippen molar-refractivity contribution in [3.63, 3.8) is 0 Å². The molecule has 0 N–H and O–H groups in total. The third kappa shape index (κ3) is 0.815. The average molecular weight is 292 g/mol. The van der Waals surface area contributed by atoms with Crippen molar-refractivity contribution in [1.29, 1.82) is 0 Å². The SMILES string of the molecule is COC(=O)C12C=C(C)C3[C@@]1(C(=O)OC)C2(C)C(=O)[C@]31CO1. The summed E-state index contributed by atoms with van der Waals surface area (Å²) in [4.78, 5) is 38.0. The van der Waals surface area contributed by atoms with E-state index in [-0.39, 0.29) is 5.78 Å². The fourth-order valence-corrected chi connectivity index (χ4v) is 5.55. The lowest BCUT2D eigenvalue weighted by atomic mass is 9.78. The molecule has 6 heteroatoms. The van der Waals surface area contributed by atoms with Crippen LogP contribution in [0.5, 0.6) is 0 Å². The third-order valence-corrected chi connectivity index (χ3v) is 6.24. The molecule has 0 aromatic carbocycles. The van der Waals surface area contributed by atoms with Crippen LogP contribution in [0.1, 0.15) is 13.8 Å². The highest BCUT2D eigenvalue weighted by Crippen LogP contribution is 2.93. The van der Waals surface area contributed by atoms with Gasteiger partial charge in [-0.05, 0) is 13.8 Å². The summed E-state index contributed by atoms with van der Waals surface area (Å²) in [6.45, 7) is 3.79. The van der Waals surface area contributed by atoms with Gasteiger partial charge >= 0.3 is 11.9 Å². The quantitative estimate of drug-likeness (QED) is 0.412. The largest absolute Gasteiger partial charge is 0.469 e. The molecule has 112 valence electrons. The number of methoxy groups -OCH3 is 2. The molecule has 0 aromatic rings. The standard InChI is InChI=1S/C15H16O6/c1-7-5-14(10(17)19-3)12(2)9(16)13(6-21-13)8(7)15(12,14)11(18)20-4/h5,8H,6H2,1-4H3/t8?,12?,13-,14?,15+/m0/s1. The summed E-state index contributed by atoms with van der Waals surface area (Å²) >= 11 is 0. The van der Waals surface area contributed by atoms with Crippen LogP contribution < -0.4 is 0 Å². The Kier molecular flexibility index (Phi) is 1.90. The smallest absolute Gasteiger partial charge is 0.317 e. The minimum absolute atomic E-state index is 0.177. The van der Waals surface area contributed by atoms with Crippen LogP contribution in [0.15, 0.2) is 11.6 Å². The number of carbonyl (C=O) groups excluding carboxylic acids is 3. The van der Waals surface area contributed by atoms with Gasteiger partial charge in [0.05, 0.1) is 26.2 Å². The van der Waals surface area contributed by atoms with E-state index < -0.39 is 39.7 Å². The normalized spacial score (nSPS) is 51.5. The second-order valence-corrected chi connectivity index (χ2v) is 6.55. The highest BCUT2D eigenvalue weighted by Gasteiger charge is 3.06. The molecule has 3 fully saturated rings. The van der Waals surface area contributed by atoms with E-state index in [4.69, 9.17) is 14.2 Å². The predicted molar refractivity (Wildman–Crippen MR) is 67.9 cm³/mol. The highest BCUT2D eigenvalue weighted by atomic mass is 16.6. The average Bonchev–Trinajstić information content (AvgIpc) is 3.30. The first-order valence-corrected chi connectivity index (χ1v) is 6.88. The van der Waals surface area contributed by atoms with E-state index in [9.17, 15) is 14.4 Å². The molecular formula is C15H16O6. The Morgan fingerprint density at radius 2 is 1.86 bits per heavy atom. The maximum Gasteiger partial charge on any atom is 0.317 e. The van der Waals surface area contributed by atoms with Crippen LogP contribution >= 0.6 is 0 Å². The summed E-state index contributed by atoms with van der Waals surface area (Å²) in [6, 6.07) is 0. The van der Waals surface area contributed by atoms with Crippen LogP contribution in [-0.4, -0.2) is 44.1 Å². The number of hydrogen-bond donors (Lipinski definition) is 0. The molecule has 4 rings (SSSR count). The van der Waals surface area contributed by atoms with Gasteiger partial charge in [0.1, 0.15) is 10.8 Å². The molecule has 21 heavy (non-hydrogen) atoms. The molecular weight excluding hydrogens is 276 g/mol. The van der Waals surface area contributed by atoms with Crippen molar-refractivity contribution in [2.24, 2.45) is 22.2 Å². The lowest BCUT2D eigenvalue weighted by Crippen LogP contribution is -2.41. The minimum atomic E-state index is -1.25. The molecule has 0 aromatic heterocycles. The van der Waals surface area contributed by atoms with Crippen molar-refractivity contribution < 1.29 is 28.6 Å². The number of ketones is 1. The zero-order chi connectivity index (χ0) is 15.4. The van der Waals surface area contributed by atoms with Crippen LogP contribution in [0.25, 0.3) is 0 Å². The maximum absolute atomic E-state index is 12.9. The van der Waals surface area contributed by atoms with E-state index in [1.54, 1.807) is 13.0 Å². The summed E-state index contributed by atoms with van der Waals surface area (Å²) in [5, 5.41) is 0. The number of hydrogen-bond acceptors (Lipinski definition) is 6. The molecule has 1 spiro atoms. The first-order valence-electron chi connectivity index (χ1n) is 6.88. The van der Waals surface area contributed by atoms with Gasteiger partial charge in [-0.15, -0.1) is 0 Å². The monoisotopic (exact) mass is 292 g/mol. The number of carbonyl (C=O) groups is 3. The van der Waals surface area contributed by atoms with Gasteiger partial charge in [0, 0.05) is 5.92 Å². The summed E-state index contributed by atoms with van der Waals surface area (Å²) in [5.41, 5.74) is -3.71. The van der Waals surface area contributed by atoms with Crippen LogP contribution in [0, 0.1) is 22.2 Å². The second-order valence-electron chi connectivity index (χ2n) is 6.55. The van der Waals surface area contributed by atoms with Crippen LogP contribution in [0.3, 0.4) is 0 Å². The first-order chi connectivity index (χ1) is 9.82. The first kappa shape index (κ1) is 13.0. The molecule has 3 unspecified atom stereocenters. The lowest BCUT2D eigenvalue weighted by Gasteiger charge is -2.24. The fourth-order valence-electron chi connectivity index (χ4n) is 5.55. The second kappa shape index (κ2) is 3.06. The van der Waals surface area contributed by atoms with E-state index >= 15 is 0 Å². The Bertz CT molecular complexity index is 659. The molecule has 1 aliphatic heterocycles. The molecule has 2 saturated carbocycles. The Hall–Kier alpha value is -1.69. The van der Waals surface area contributed by atoms with E-state index in [1.807, 2.05) is 6.92 Å². The predicted octanol–water partition coefficient (Wildman–Crippen LogP) is 0.253.